The fourth-order valence-corrected chi connectivity index (χ4v) is 2.86. The van der Waals surface area contributed by atoms with Crippen LogP contribution in [0.4, 0.5) is 0 Å². The molecule has 0 bridgehead atoms. The summed E-state index contributed by atoms with van der Waals surface area (Å²) >= 11 is 19.1. The Labute approximate surface area is 133 Å². The molecule has 1 N–H and O–H groups in total. The molecule has 0 saturated carbocycles. The Morgan fingerprint density at radius 3 is 2.55 bits per heavy atom. The van der Waals surface area contributed by atoms with Crippen LogP contribution in [0.3, 0.4) is 0 Å². The minimum atomic E-state index is -0.942. The molecule has 2 rings (SSSR count). The van der Waals surface area contributed by atoms with E-state index in [4.69, 9.17) is 39.9 Å². The third-order valence-corrected chi connectivity index (χ3v) is 4.29. The zero-order valence-corrected chi connectivity index (χ0v) is 13.2. The molecule has 1 aromatic carbocycles. The molecule has 2 aromatic rings. The van der Waals surface area contributed by atoms with Gasteiger partial charge in [0.25, 0.3) is 0 Å². The summed E-state index contributed by atoms with van der Waals surface area (Å²) in [6.07, 6.45) is 0. The smallest absolute Gasteiger partial charge is 0.313 e. The van der Waals surface area contributed by atoms with Crippen molar-refractivity contribution in [1.29, 1.82) is 0 Å². The van der Waals surface area contributed by atoms with E-state index in [1.807, 2.05) is 0 Å². The lowest BCUT2D eigenvalue weighted by atomic mass is 10.3. The summed E-state index contributed by atoms with van der Waals surface area (Å²) in [5, 5.41) is 18.1. The van der Waals surface area contributed by atoms with Gasteiger partial charge in [-0.3, -0.25) is 9.36 Å². The minimum Gasteiger partial charge on any atom is -0.481 e. The Hall–Kier alpha value is -0.950. The molecule has 0 aliphatic rings. The second-order valence-corrected chi connectivity index (χ2v) is 5.93. The number of hydrogen-bond acceptors (Lipinski definition) is 4. The van der Waals surface area contributed by atoms with Gasteiger partial charge in [0.05, 0.1) is 26.5 Å². The number of carboxylic acid groups (broad SMARTS) is 1. The minimum absolute atomic E-state index is 0.128. The van der Waals surface area contributed by atoms with E-state index in [-0.39, 0.29) is 5.75 Å². The maximum atomic E-state index is 10.7. The highest BCUT2D eigenvalue weighted by Crippen LogP contribution is 2.33. The molecule has 0 aliphatic carbocycles. The van der Waals surface area contributed by atoms with Crippen molar-refractivity contribution >= 4 is 52.5 Å². The van der Waals surface area contributed by atoms with Crippen molar-refractivity contribution in [2.45, 2.75) is 12.1 Å². The first-order valence-electron chi connectivity index (χ1n) is 5.31. The highest BCUT2D eigenvalue weighted by molar-refractivity contribution is 7.99. The molecule has 0 atom stereocenters. The predicted molar refractivity (Wildman–Crippen MR) is 79.5 cm³/mol. The quantitative estimate of drug-likeness (QED) is 0.671. The largest absolute Gasteiger partial charge is 0.481 e. The Bertz CT molecular complexity index is 675. The lowest BCUT2D eigenvalue weighted by Crippen LogP contribution is -2.03. The molecule has 0 saturated heterocycles. The first kappa shape index (κ1) is 15.4. The third-order valence-electron chi connectivity index (χ3n) is 2.35. The second-order valence-electron chi connectivity index (χ2n) is 3.77. The zero-order chi connectivity index (χ0) is 14.9. The van der Waals surface area contributed by atoms with Gasteiger partial charge in [0.15, 0.2) is 5.16 Å². The fourth-order valence-electron chi connectivity index (χ4n) is 1.52. The van der Waals surface area contributed by atoms with Crippen LogP contribution in [0, 0.1) is 6.92 Å². The van der Waals surface area contributed by atoms with Crippen LogP contribution in [0.2, 0.25) is 15.1 Å². The molecule has 20 heavy (non-hydrogen) atoms. The van der Waals surface area contributed by atoms with Crippen LogP contribution in [0.25, 0.3) is 5.69 Å². The SMILES string of the molecule is Cc1nnc(SCC(=O)O)n1-c1cc(Cl)c(Cl)cc1Cl. The first-order chi connectivity index (χ1) is 9.40. The molecule has 0 spiro atoms. The molecular weight excluding hydrogens is 345 g/mol. The van der Waals surface area contributed by atoms with Gasteiger partial charge >= 0.3 is 5.97 Å². The number of benzene rings is 1. The van der Waals surface area contributed by atoms with E-state index in [0.717, 1.165) is 11.8 Å². The van der Waals surface area contributed by atoms with E-state index < -0.39 is 5.97 Å². The molecule has 0 fully saturated rings. The van der Waals surface area contributed by atoms with Crippen molar-refractivity contribution < 1.29 is 9.90 Å². The van der Waals surface area contributed by atoms with Crippen molar-refractivity contribution in [3.63, 3.8) is 0 Å². The van der Waals surface area contributed by atoms with Crippen molar-refractivity contribution in [3.05, 3.63) is 33.0 Å². The van der Waals surface area contributed by atoms with Crippen LogP contribution < -0.4 is 0 Å². The summed E-state index contributed by atoms with van der Waals surface area (Å²) in [5.74, 6) is -0.502. The average molecular weight is 353 g/mol. The molecule has 0 aliphatic heterocycles. The number of thioether (sulfide) groups is 1. The predicted octanol–water partition coefficient (Wildman–Crippen LogP) is 3.71. The summed E-state index contributed by atoms with van der Waals surface area (Å²) in [6, 6.07) is 3.11. The Kier molecular flexibility index (Phi) is 4.80. The first-order valence-corrected chi connectivity index (χ1v) is 7.43. The molecule has 106 valence electrons. The van der Waals surface area contributed by atoms with E-state index >= 15 is 0 Å². The number of nitrogens with zero attached hydrogens (tertiary/aromatic N) is 3. The zero-order valence-electron chi connectivity index (χ0n) is 10.1. The van der Waals surface area contributed by atoms with Gasteiger partial charge in [0.2, 0.25) is 0 Å². The monoisotopic (exact) mass is 351 g/mol. The van der Waals surface area contributed by atoms with Gasteiger partial charge in [0, 0.05) is 0 Å². The topological polar surface area (TPSA) is 68.0 Å². The maximum absolute atomic E-state index is 10.7. The number of carbonyl (C=O) groups is 1. The number of aromatic nitrogens is 3. The van der Waals surface area contributed by atoms with Gasteiger partial charge in [-0.2, -0.15) is 0 Å². The molecule has 1 heterocycles. The van der Waals surface area contributed by atoms with Crippen molar-refractivity contribution in [2.75, 3.05) is 5.75 Å². The van der Waals surface area contributed by atoms with Gasteiger partial charge in [0.1, 0.15) is 5.82 Å². The summed E-state index contributed by atoms with van der Waals surface area (Å²) in [5.41, 5.74) is 0.552. The Balaban J connectivity index is 2.49. The highest BCUT2D eigenvalue weighted by atomic mass is 35.5. The normalized spacial score (nSPS) is 10.8. The summed E-state index contributed by atoms with van der Waals surface area (Å²) < 4.78 is 1.64. The van der Waals surface area contributed by atoms with Crippen molar-refractivity contribution in [2.24, 2.45) is 0 Å². The molecule has 0 unspecified atom stereocenters. The molecular formula is C11H8Cl3N3O2S. The van der Waals surface area contributed by atoms with E-state index in [0.29, 0.717) is 31.7 Å². The third kappa shape index (κ3) is 3.20. The standard InChI is InChI=1S/C11H8Cl3N3O2S/c1-5-15-16-11(20-4-10(18)19)17(5)9-3-7(13)6(12)2-8(9)14/h2-3H,4H2,1H3,(H,18,19). The molecule has 9 heteroatoms. The average Bonchev–Trinajstić information content (AvgIpc) is 2.73. The van der Waals surface area contributed by atoms with Gasteiger partial charge in [-0.05, 0) is 19.1 Å². The van der Waals surface area contributed by atoms with Crippen LogP contribution in [0.5, 0.6) is 0 Å². The number of rotatable bonds is 4. The second kappa shape index (κ2) is 6.22. The van der Waals surface area contributed by atoms with Gasteiger partial charge in [-0.1, -0.05) is 46.6 Å². The van der Waals surface area contributed by atoms with E-state index in [9.17, 15) is 4.79 Å². The van der Waals surface area contributed by atoms with E-state index in [1.54, 1.807) is 17.6 Å². The van der Waals surface area contributed by atoms with Crippen LogP contribution in [-0.4, -0.2) is 31.6 Å². The molecule has 0 radical (unpaired) electrons. The van der Waals surface area contributed by atoms with Crippen LogP contribution in [0.15, 0.2) is 17.3 Å². The van der Waals surface area contributed by atoms with E-state index in [1.165, 1.54) is 6.07 Å². The van der Waals surface area contributed by atoms with Crippen LogP contribution in [-0.2, 0) is 4.79 Å². The summed E-state index contributed by atoms with van der Waals surface area (Å²) in [6.45, 7) is 1.73. The van der Waals surface area contributed by atoms with Crippen molar-refractivity contribution in [3.8, 4) is 5.69 Å². The Morgan fingerprint density at radius 1 is 1.25 bits per heavy atom. The van der Waals surface area contributed by atoms with Gasteiger partial charge in [-0.25, -0.2) is 0 Å². The lowest BCUT2D eigenvalue weighted by molar-refractivity contribution is -0.133. The maximum Gasteiger partial charge on any atom is 0.313 e. The number of aryl methyl sites for hydroxylation is 1. The molecule has 0 amide bonds. The fraction of sp³-hybridized carbons (Fsp3) is 0.182. The summed E-state index contributed by atoms with van der Waals surface area (Å²) in [4.78, 5) is 10.7. The van der Waals surface area contributed by atoms with Crippen LogP contribution in [0.1, 0.15) is 5.82 Å². The highest BCUT2D eigenvalue weighted by Gasteiger charge is 2.16. The number of halogens is 3. The van der Waals surface area contributed by atoms with Gasteiger partial charge < -0.3 is 5.11 Å². The van der Waals surface area contributed by atoms with Crippen LogP contribution >= 0.6 is 46.6 Å². The van der Waals surface area contributed by atoms with E-state index in [2.05, 4.69) is 10.2 Å². The lowest BCUT2D eigenvalue weighted by Gasteiger charge is -2.11. The van der Waals surface area contributed by atoms with Crippen molar-refractivity contribution in [1.82, 2.24) is 14.8 Å². The number of carboxylic acids is 1. The molecule has 1 aromatic heterocycles. The number of hydrogen-bond donors (Lipinski definition) is 1. The Morgan fingerprint density at radius 2 is 1.90 bits per heavy atom. The number of aliphatic carboxylic acids is 1. The van der Waals surface area contributed by atoms with Gasteiger partial charge in [-0.15, -0.1) is 10.2 Å². The molecule has 5 nitrogen and oxygen atoms in total. The summed E-state index contributed by atoms with van der Waals surface area (Å²) in [7, 11) is 0.